The van der Waals surface area contributed by atoms with Gasteiger partial charge in [0.05, 0.1) is 17.5 Å². The van der Waals surface area contributed by atoms with Crippen LogP contribution in [0.4, 0.5) is 0 Å². The van der Waals surface area contributed by atoms with Crippen LogP contribution in [0.1, 0.15) is 17.3 Å². The molecule has 0 aromatic carbocycles. The number of carbonyl (C=O) groups excluding carboxylic acids is 2. The lowest BCUT2D eigenvalue weighted by Gasteiger charge is -2.02. The molecule has 1 rings (SSSR count). The van der Waals surface area contributed by atoms with E-state index in [0.717, 1.165) is 0 Å². The Morgan fingerprint density at radius 2 is 2.35 bits per heavy atom. The minimum atomic E-state index is -0.296. The molecule has 0 atom stereocenters. The topological polar surface area (TPSA) is 59.1 Å². The highest BCUT2D eigenvalue weighted by atomic mass is 16.2. The van der Waals surface area contributed by atoms with E-state index >= 15 is 0 Å². The summed E-state index contributed by atoms with van der Waals surface area (Å²) in [6.45, 7) is 5.45. The molecule has 88 valence electrons. The van der Waals surface area contributed by atoms with Gasteiger partial charge in [0.2, 0.25) is 0 Å². The van der Waals surface area contributed by atoms with Crippen molar-refractivity contribution in [1.29, 1.82) is 0 Å². The van der Waals surface area contributed by atoms with Gasteiger partial charge in [-0.05, 0) is 13.0 Å². The van der Waals surface area contributed by atoms with Crippen LogP contribution in [0.25, 0.3) is 12.2 Å². The summed E-state index contributed by atoms with van der Waals surface area (Å²) in [7, 11) is 0. The van der Waals surface area contributed by atoms with Gasteiger partial charge in [0.1, 0.15) is 6.29 Å². The summed E-state index contributed by atoms with van der Waals surface area (Å²) < 4.78 is 0. The van der Waals surface area contributed by atoms with Gasteiger partial charge in [-0.1, -0.05) is 24.8 Å². The number of nitrogens with zero attached hydrogens (tertiary/aromatic N) is 1. The molecule has 0 bridgehead atoms. The Morgan fingerprint density at radius 1 is 1.59 bits per heavy atom. The van der Waals surface area contributed by atoms with Crippen LogP contribution < -0.4 is 15.9 Å². The number of carbonyl (C=O) groups is 2. The first kappa shape index (κ1) is 12.8. The molecule has 0 fully saturated rings. The van der Waals surface area contributed by atoms with Crippen molar-refractivity contribution in [2.24, 2.45) is 0 Å². The molecule has 0 aliphatic rings. The van der Waals surface area contributed by atoms with Crippen LogP contribution in [0.3, 0.4) is 0 Å². The zero-order valence-electron chi connectivity index (χ0n) is 9.64. The van der Waals surface area contributed by atoms with E-state index in [0.29, 0.717) is 22.4 Å². The second-order valence-electron chi connectivity index (χ2n) is 3.23. The summed E-state index contributed by atoms with van der Waals surface area (Å²) >= 11 is 0. The van der Waals surface area contributed by atoms with Gasteiger partial charge in [0.25, 0.3) is 5.91 Å². The molecule has 0 aliphatic heterocycles. The number of aldehydes is 1. The molecule has 4 nitrogen and oxygen atoms in total. The monoisotopic (exact) mass is 230 g/mol. The Kier molecular flexibility index (Phi) is 4.81. The van der Waals surface area contributed by atoms with E-state index in [9.17, 15) is 9.59 Å². The summed E-state index contributed by atoms with van der Waals surface area (Å²) in [5.74, 6) is -0.296. The molecule has 1 N–H and O–H groups in total. The second kappa shape index (κ2) is 6.37. The predicted octanol–water partition coefficient (Wildman–Crippen LogP) is -0.223. The number of nitrogens with one attached hydrogen (secondary N) is 1. The van der Waals surface area contributed by atoms with Crippen LogP contribution in [0.5, 0.6) is 0 Å². The standard InChI is InChI=1S/C13H14N2O2/c1-3-5-10-11(13(17)15-8-9-16)6-7-14-12(10)4-2/h3-7,9H,1,8H2,2H3,(H,15,17)/b10-5-,12-4+. The molecular weight excluding hydrogens is 216 g/mol. The fourth-order valence-corrected chi connectivity index (χ4v) is 1.44. The third-order valence-electron chi connectivity index (χ3n) is 2.17. The molecule has 1 aromatic rings. The third kappa shape index (κ3) is 3.11. The van der Waals surface area contributed by atoms with Gasteiger partial charge in [-0.15, -0.1) is 0 Å². The van der Waals surface area contributed by atoms with Crippen molar-refractivity contribution < 1.29 is 9.59 Å². The van der Waals surface area contributed by atoms with E-state index < -0.39 is 0 Å². The summed E-state index contributed by atoms with van der Waals surface area (Å²) in [4.78, 5) is 26.2. The normalized spacial score (nSPS) is 12.3. The SMILES string of the molecule is C=C/C=c1/c(C(=O)NCC=O)ccn/c1=C/C. The Hall–Kier alpha value is -2.23. The number of allylic oxidation sites excluding steroid dienone is 1. The van der Waals surface area contributed by atoms with Crippen molar-refractivity contribution in [2.45, 2.75) is 6.92 Å². The van der Waals surface area contributed by atoms with Crippen LogP contribution in [-0.4, -0.2) is 23.7 Å². The molecule has 0 aliphatic carbocycles. The maximum absolute atomic E-state index is 11.8. The van der Waals surface area contributed by atoms with E-state index in [1.54, 1.807) is 24.4 Å². The van der Waals surface area contributed by atoms with Gasteiger partial charge < -0.3 is 10.1 Å². The lowest BCUT2D eigenvalue weighted by Crippen LogP contribution is -2.37. The van der Waals surface area contributed by atoms with Crippen LogP contribution in [0.2, 0.25) is 0 Å². The highest BCUT2D eigenvalue weighted by Crippen LogP contribution is 1.87. The van der Waals surface area contributed by atoms with Crippen molar-refractivity contribution in [3.8, 4) is 0 Å². The Labute approximate surface area is 99.4 Å². The number of pyridine rings is 1. The van der Waals surface area contributed by atoms with Gasteiger partial charge in [-0.25, -0.2) is 0 Å². The van der Waals surface area contributed by atoms with Crippen molar-refractivity contribution in [2.75, 3.05) is 6.54 Å². The summed E-state index contributed by atoms with van der Waals surface area (Å²) in [6, 6.07) is 1.61. The predicted molar refractivity (Wildman–Crippen MR) is 66.7 cm³/mol. The van der Waals surface area contributed by atoms with E-state index in [4.69, 9.17) is 0 Å². The molecule has 4 heteroatoms. The molecule has 17 heavy (non-hydrogen) atoms. The first-order valence-electron chi connectivity index (χ1n) is 5.20. The van der Waals surface area contributed by atoms with Crippen molar-refractivity contribution in [1.82, 2.24) is 10.3 Å². The van der Waals surface area contributed by atoms with E-state index in [2.05, 4.69) is 16.9 Å². The van der Waals surface area contributed by atoms with E-state index in [1.165, 1.54) is 0 Å². The zero-order valence-corrected chi connectivity index (χ0v) is 9.64. The van der Waals surface area contributed by atoms with Crippen molar-refractivity contribution in [3.63, 3.8) is 0 Å². The highest BCUT2D eigenvalue weighted by molar-refractivity contribution is 5.95. The second-order valence-corrected chi connectivity index (χ2v) is 3.23. The fourth-order valence-electron chi connectivity index (χ4n) is 1.44. The van der Waals surface area contributed by atoms with Crippen LogP contribution >= 0.6 is 0 Å². The number of amides is 1. The largest absolute Gasteiger partial charge is 0.345 e. The molecule has 1 amide bonds. The van der Waals surface area contributed by atoms with Gasteiger partial charge >= 0.3 is 0 Å². The van der Waals surface area contributed by atoms with Crippen LogP contribution in [-0.2, 0) is 4.79 Å². The Balaban J connectivity index is 3.34. The molecular formula is C13H14N2O2. The minimum Gasteiger partial charge on any atom is -0.345 e. The highest BCUT2D eigenvalue weighted by Gasteiger charge is 2.06. The molecule has 1 heterocycles. The van der Waals surface area contributed by atoms with E-state index in [-0.39, 0.29) is 12.5 Å². The number of rotatable bonds is 4. The van der Waals surface area contributed by atoms with E-state index in [1.807, 2.05) is 13.0 Å². The van der Waals surface area contributed by atoms with Gasteiger partial charge in [0, 0.05) is 11.4 Å². The number of hydrogen-bond acceptors (Lipinski definition) is 3. The lowest BCUT2D eigenvalue weighted by atomic mass is 10.1. The maximum Gasteiger partial charge on any atom is 0.252 e. The molecule has 0 unspecified atom stereocenters. The van der Waals surface area contributed by atoms with Crippen LogP contribution in [0, 0.1) is 0 Å². The number of hydrogen-bond donors (Lipinski definition) is 1. The summed E-state index contributed by atoms with van der Waals surface area (Å²) in [6.07, 6.45) is 7.33. The van der Waals surface area contributed by atoms with Crippen molar-refractivity contribution >= 4 is 24.3 Å². The molecule has 0 radical (unpaired) electrons. The average molecular weight is 230 g/mol. The van der Waals surface area contributed by atoms with Crippen molar-refractivity contribution in [3.05, 3.63) is 41.0 Å². The van der Waals surface area contributed by atoms with Gasteiger partial charge in [-0.3, -0.25) is 9.78 Å². The van der Waals surface area contributed by atoms with Crippen LogP contribution in [0.15, 0.2) is 24.9 Å². The quantitative estimate of drug-likeness (QED) is 0.727. The molecule has 0 saturated carbocycles. The Morgan fingerprint density at radius 3 is 2.94 bits per heavy atom. The smallest absolute Gasteiger partial charge is 0.252 e. The fraction of sp³-hybridized carbons (Fsp3) is 0.154. The minimum absolute atomic E-state index is 0.000141. The molecule has 0 spiro atoms. The zero-order chi connectivity index (χ0) is 12.7. The average Bonchev–Trinajstić information content (AvgIpc) is 2.36. The third-order valence-corrected chi connectivity index (χ3v) is 2.17. The maximum atomic E-state index is 11.8. The number of aromatic nitrogens is 1. The molecule has 0 saturated heterocycles. The lowest BCUT2D eigenvalue weighted by molar-refractivity contribution is -0.107. The molecule has 1 aromatic heterocycles. The first-order valence-corrected chi connectivity index (χ1v) is 5.20. The summed E-state index contributed by atoms with van der Waals surface area (Å²) in [5, 5.41) is 3.91. The summed E-state index contributed by atoms with van der Waals surface area (Å²) in [5.41, 5.74) is 0.481. The van der Waals surface area contributed by atoms with Gasteiger partial charge in [-0.2, -0.15) is 0 Å². The Bertz CT molecular complexity index is 547. The van der Waals surface area contributed by atoms with Gasteiger partial charge in [0.15, 0.2) is 0 Å². The first-order chi connectivity index (χ1) is 8.24.